The lowest BCUT2D eigenvalue weighted by Gasteiger charge is -2.08. The Hall–Kier alpha value is -2.03. The van der Waals surface area contributed by atoms with Gasteiger partial charge in [0.25, 0.3) is 5.91 Å². The van der Waals surface area contributed by atoms with E-state index >= 15 is 0 Å². The van der Waals surface area contributed by atoms with Crippen LogP contribution in [0.5, 0.6) is 0 Å². The van der Waals surface area contributed by atoms with Crippen LogP contribution in [-0.2, 0) is 9.53 Å². The number of carbonyl (C=O) groups excluding carboxylic acids is 2. The first-order valence-corrected chi connectivity index (χ1v) is 6.11. The Morgan fingerprint density at radius 1 is 1.24 bits per heavy atom. The number of furan rings is 1. The SMILES string of the molecule is O=C(CCOCC(F)(F)F)NCCNC(=O)c1ccco1. The molecule has 2 N–H and O–H groups in total. The fourth-order valence-corrected chi connectivity index (χ4v) is 1.31. The molecule has 0 aliphatic rings. The van der Waals surface area contributed by atoms with Gasteiger partial charge in [-0.3, -0.25) is 9.59 Å². The maximum Gasteiger partial charge on any atom is 0.411 e. The molecule has 0 radical (unpaired) electrons. The average molecular weight is 308 g/mol. The lowest BCUT2D eigenvalue weighted by molar-refractivity contribution is -0.174. The number of ether oxygens (including phenoxy) is 1. The molecule has 6 nitrogen and oxygen atoms in total. The van der Waals surface area contributed by atoms with Crippen LogP contribution < -0.4 is 10.6 Å². The molecule has 0 aliphatic carbocycles. The van der Waals surface area contributed by atoms with E-state index in [0.717, 1.165) is 0 Å². The van der Waals surface area contributed by atoms with E-state index in [1.807, 2.05) is 0 Å². The van der Waals surface area contributed by atoms with Gasteiger partial charge in [-0.25, -0.2) is 0 Å². The highest BCUT2D eigenvalue weighted by Gasteiger charge is 2.27. The topological polar surface area (TPSA) is 80.6 Å². The smallest absolute Gasteiger partial charge is 0.411 e. The molecule has 1 rings (SSSR count). The van der Waals surface area contributed by atoms with Gasteiger partial charge in [-0.05, 0) is 12.1 Å². The zero-order chi connectivity index (χ0) is 15.7. The molecule has 1 aromatic heterocycles. The average Bonchev–Trinajstić information content (AvgIpc) is 2.92. The number of hydrogen-bond acceptors (Lipinski definition) is 4. The van der Waals surface area contributed by atoms with Crippen LogP contribution in [0.15, 0.2) is 22.8 Å². The van der Waals surface area contributed by atoms with Gasteiger partial charge in [-0.2, -0.15) is 13.2 Å². The van der Waals surface area contributed by atoms with Crippen molar-refractivity contribution in [1.29, 1.82) is 0 Å². The Labute approximate surface area is 118 Å². The Balaban J connectivity index is 2.02. The van der Waals surface area contributed by atoms with Gasteiger partial charge in [0.1, 0.15) is 6.61 Å². The monoisotopic (exact) mass is 308 g/mol. The Kier molecular flexibility index (Phi) is 6.73. The Morgan fingerprint density at radius 3 is 2.57 bits per heavy atom. The third kappa shape index (κ3) is 7.98. The molecule has 1 aromatic rings. The van der Waals surface area contributed by atoms with Crippen LogP contribution in [0.3, 0.4) is 0 Å². The molecular formula is C12H15F3N2O4. The number of hydrogen-bond donors (Lipinski definition) is 2. The third-order valence-electron chi connectivity index (χ3n) is 2.22. The molecule has 0 saturated carbocycles. The first-order valence-electron chi connectivity index (χ1n) is 6.11. The predicted molar refractivity (Wildman–Crippen MR) is 65.5 cm³/mol. The molecular weight excluding hydrogens is 293 g/mol. The van der Waals surface area contributed by atoms with Crippen molar-refractivity contribution in [2.75, 3.05) is 26.3 Å². The zero-order valence-electron chi connectivity index (χ0n) is 11.0. The molecule has 0 aliphatic heterocycles. The van der Waals surface area contributed by atoms with E-state index in [-0.39, 0.29) is 31.9 Å². The van der Waals surface area contributed by atoms with Gasteiger partial charge in [0.2, 0.25) is 5.91 Å². The highest BCUT2D eigenvalue weighted by Crippen LogP contribution is 2.14. The molecule has 0 aromatic carbocycles. The number of nitrogens with one attached hydrogen (secondary N) is 2. The minimum Gasteiger partial charge on any atom is -0.459 e. The highest BCUT2D eigenvalue weighted by molar-refractivity contribution is 5.91. The largest absolute Gasteiger partial charge is 0.459 e. The number of rotatable bonds is 8. The summed E-state index contributed by atoms with van der Waals surface area (Å²) < 4.78 is 44.4. The molecule has 21 heavy (non-hydrogen) atoms. The first kappa shape index (κ1) is 17.0. The second kappa shape index (κ2) is 8.30. The lowest BCUT2D eigenvalue weighted by atomic mass is 10.4. The summed E-state index contributed by atoms with van der Waals surface area (Å²) in [5.41, 5.74) is 0. The van der Waals surface area contributed by atoms with Crippen molar-refractivity contribution < 1.29 is 31.9 Å². The van der Waals surface area contributed by atoms with E-state index in [2.05, 4.69) is 15.4 Å². The molecule has 0 saturated heterocycles. The summed E-state index contributed by atoms with van der Waals surface area (Å²) in [5.74, 6) is -0.714. The van der Waals surface area contributed by atoms with Crippen molar-refractivity contribution >= 4 is 11.8 Å². The number of halogens is 3. The molecule has 0 spiro atoms. The van der Waals surface area contributed by atoms with E-state index in [1.165, 1.54) is 12.3 Å². The summed E-state index contributed by atoms with van der Waals surface area (Å²) in [6.07, 6.45) is -3.22. The van der Waals surface area contributed by atoms with E-state index in [1.54, 1.807) is 6.07 Å². The molecule has 1 heterocycles. The second-order valence-electron chi connectivity index (χ2n) is 4.00. The number of alkyl halides is 3. The minimum atomic E-state index is -4.40. The van der Waals surface area contributed by atoms with Crippen molar-refractivity contribution in [3.63, 3.8) is 0 Å². The summed E-state index contributed by atoms with van der Waals surface area (Å²) in [7, 11) is 0. The molecule has 0 atom stereocenters. The molecule has 0 fully saturated rings. The van der Waals surface area contributed by atoms with Crippen LogP contribution in [0.4, 0.5) is 13.2 Å². The third-order valence-corrected chi connectivity index (χ3v) is 2.22. The van der Waals surface area contributed by atoms with Gasteiger partial charge in [0.15, 0.2) is 5.76 Å². The van der Waals surface area contributed by atoms with Gasteiger partial charge < -0.3 is 19.8 Å². The number of carbonyl (C=O) groups is 2. The van der Waals surface area contributed by atoms with Gasteiger partial charge in [-0.15, -0.1) is 0 Å². The summed E-state index contributed by atoms with van der Waals surface area (Å²) in [6.45, 7) is -1.36. The van der Waals surface area contributed by atoms with E-state index in [9.17, 15) is 22.8 Å². The summed E-state index contributed by atoms with van der Waals surface area (Å²) in [4.78, 5) is 22.6. The Bertz CT molecular complexity index is 446. The number of amides is 2. The first-order chi connectivity index (χ1) is 9.88. The van der Waals surface area contributed by atoms with Crippen LogP contribution in [0.2, 0.25) is 0 Å². The maximum absolute atomic E-state index is 11.7. The summed E-state index contributed by atoms with van der Waals surface area (Å²) in [6, 6.07) is 3.06. The minimum absolute atomic E-state index is 0.155. The molecule has 2 amide bonds. The van der Waals surface area contributed by atoms with Crippen LogP contribution in [0.25, 0.3) is 0 Å². The van der Waals surface area contributed by atoms with Gasteiger partial charge in [0.05, 0.1) is 12.9 Å². The van der Waals surface area contributed by atoms with Crippen molar-refractivity contribution in [2.45, 2.75) is 12.6 Å². The summed E-state index contributed by atoms with van der Waals surface area (Å²) in [5, 5.41) is 4.94. The van der Waals surface area contributed by atoms with Gasteiger partial charge in [-0.1, -0.05) is 0 Å². The van der Waals surface area contributed by atoms with Crippen molar-refractivity contribution in [1.82, 2.24) is 10.6 Å². The fourth-order valence-electron chi connectivity index (χ4n) is 1.31. The summed E-state index contributed by atoms with van der Waals surface area (Å²) >= 11 is 0. The van der Waals surface area contributed by atoms with E-state index < -0.39 is 24.6 Å². The standard InChI is InChI=1S/C12H15F3N2O4/c13-12(14,15)8-20-7-3-10(18)16-4-5-17-11(19)9-2-1-6-21-9/h1-2,6H,3-5,7-8H2,(H,16,18)(H,17,19). The van der Waals surface area contributed by atoms with Crippen LogP contribution in [-0.4, -0.2) is 44.3 Å². The highest BCUT2D eigenvalue weighted by atomic mass is 19.4. The van der Waals surface area contributed by atoms with Crippen molar-refractivity contribution in [3.05, 3.63) is 24.2 Å². The quantitative estimate of drug-likeness (QED) is 0.705. The lowest BCUT2D eigenvalue weighted by Crippen LogP contribution is -2.35. The predicted octanol–water partition coefficient (Wildman–Crippen LogP) is 1.09. The van der Waals surface area contributed by atoms with Crippen LogP contribution >= 0.6 is 0 Å². The van der Waals surface area contributed by atoms with Crippen molar-refractivity contribution in [3.8, 4) is 0 Å². The fraction of sp³-hybridized carbons (Fsp3) is 0.500. The van der Waals surface area contributed by atoms with Gasteiger partial charge in [0, 0.05) is 19.5 Å². The molecule has 9 heteroatoms. The van der Waals surface area contributed by atoms with Crippen molar-refractivity contribution in [2.24, 2.45) is 0 Å². The zero-order valence-corrected chi connectivity index (χ0v) is 11.0. The normalized spacial score (nSPS) is 11.2. The maximum atomic E-state index is 11.7. The molecule has 0 bridgehead atoms. The molecule has 118 valence electrons. The second-order valence-corrected chi connectivity index (χ2v) is 4.00. The van der Waals surface area contributed by atoms with Crippen LogP contribution in [0, 0.1) is 0 Å². The molecule has 0 unspecified atom stereocenters. The van der Waals surface area contributed by atoms with Gasteiger partial charge >= 0.3 is 6.18 Å². The van der Waals surface area contributed by atoms with E-state index in [4.69, 9.17) is 4.42 Å². The Morgan fingerprint density at radius 2 is 1.95 bits per heavy atom. The van der Waals surface area contributed by atoms with Crippen LogP contribution in [0.1, 0.15) is 17.0 Å². The van der Waals surface area contributed by atoms with E-state index in [0.29, 0.717) is 0 Å².